The molecule has 0 radical (unpaired) electrons. The van der Waals surface area contributed by atoms with Crippen LogP contribution in [0.1, 0.15) is 12.8 Å². The van der Waals surface area contributed by atoms with Crippen LogP contribution in [0.5, 0.6) is 0 Å². The number of benzene rings is 1. The van der Waals surface area contributed by atoms with Gasteiger partial charge in [-0.05, 0) is 18.6 Å². The molecule has 1 N–H and O–H groups in total. The Bertz CT molecular complexity index is 674. The summed E-state index contributed by atoms with van der Waals surface area (Å²) < 4.78 is 5.04. The molecule has 2 aliphatic heterocycles. The van der Waals surface area contributed by atoms with Gasteiger partial charge in [0.15, 0.2) is 6.61 Å². The number of carbonyl (C=O) groups is 3. The number of esters is 1. The van der Waals surface area contributed by atoms with Crippen molar-refractivity contribution < 1.29 is 19.1 Å². The van der Waals surface area contributed by atoms with E-state index in [9.17, 15) is 14.4 Å². The predicted octanol–water partition coefficient (Wildman–Crippen LogP) is 0.810. The minimum Gasteiger partial charge on any atom is -0.454 e. The predicted molar refractivity (Wildman–Crippen MR) is 92.4 cm³/mol. The molecule has 1 aromatic rings. The molecule has 8 heteroatoms. The van der Waals surface area contributed by atoms with Crippen LogP contribution in [0.2, 0.25) is 5.02 Å². The summed E-state index contributed by atoms with van der Waals surface area (Å²) in [5, 5.41) is 3.22. The van der Waals surface area contributed by atoms with Gasteiger partial charge in [0.25, 0.3) is 5.91 Å². The Morgan fingerprint density at radius 1 is 1.20 bits per heavy atom. The fraction of sp³-hybridized carbons (Fsp3) is 0.471. The van der Waals surface area contributed by atoms with E-state index >= 15 is 0 Å². The smallest absolute Gasteiger partial charge is 0.329 e. The second-order valence-electron chi connectivity index (χ2n) is 6.09. The third-order valence-corrected chi connectivity index (χ3v) is 4.76. The van der Waals surface area contributed by atoms with Crippen molar-refractivity contribution in [1.82, 2.24) is 10.2 Å². The van der Waals surface area contributed by atoms with Crippen molar-refractivity contribution >= 4 is 35.1 Å². The molecule has 3 rings (SSSR count). The number of para-hydroxylation sites is 1. The first-order valence-corrected chi connectivity index (χ1v) is 8.65. The number of carbonyl (C=O) groups excluding carboxylic acids is 3. The number of amides is 2. The molecule has 2 aliphatic rings. The first kappa shape index (κ1) is 17.5. The summed E-state index contributed by atoms with van der Waals surface area (Å²) in [5.74, 6) is -0.936. The molecule has 0 bridgehead atoms. The minimum absolute atomic E-state index is 0.163. The van der Waals surface area contributed by atoms with Crippen molar-refractivity contribution in [3.8, 4) is 0 Å². The molecule has 2 heterocycles. The maximum absolute atomic E-state index is 12.2. The van der Waals surface area contributed by atoms with Crippen molar-refractivity contribution in [2.45, 2.75) is 18.9 Å². The third kappa shape index (κ3) is 4.22. The first-order chi connectivity index (χ1) is 12.0. The summed E-state index contributed by atoms with van der Waals surface area (Å²) in [7, 11) is 0. The van der Waals surface area contributed by atoms with Gasteiger partial charge in [-0.1, -0.05) is 23.7 Å². The Labute approximate surface area is 150 Å². The molecule has 1 aromatic carbocycles. The van der Waals surface area contributed by atoms with Gasteiger partial charge in [-0.3, -0.25) is 9.59 Å². The van der Waals surface area contributed by atoms with Gasteiger partial charge in [-0.2, -0.15) is 0 Å². The quantitative estimate of drug-likeness (QED) is 0.799. The number of hydrogen-bond donors (Lipinski definition) is 1. The molecule has 0 aromatic heterocycles. The van der Waals surface area contributed by atoms with Crippen LogP contribution in [0.4, 0.5) is 5.69 Å². The highest BCUT2D eigenvalue weighted by Crippen LogP contribution is 2.26. The monoisotopic (exact) mass is 365 g/mol. The van der Waals surface area contributed by atoms with E-state index in [1.165, 1.54) is 0 Å². The number of piperazine rings is 1. The lowest BCUT2D eigenvalue weighted by molar-refractivity contribution is -0.153. The maximum Gasteiger partial charge on any atom is 0.329 e. The SMILES string of the molecule is O=C1CC[C@@H](C(=O)OCC(=O)N2CCN(c3ccccc3Cl)CC2)N1. The Hall–Kier alpha value is -2.28. The molecular formula is C17H20ClN3O4. The van der Waals surface area contributed by atoms with Crippen molar-refractivity contribution in [1.29, 1.82) is 0 Å². The van der Waals surface area contributed by atoms with Crippen molar-refractivity contribution in [2.75, 3.05) is 37.7 Å². The van der Waals surface area contributed by atoms with Gasteiger partial charge in [0.1, 0.15) is 6.04 Å². The second kappa shape index (κ2) is 7.74. The van der Waals surface area contributed by atoms with Crippen LogP contribution in [0, 0.1) is 0 Å². The fourth-order valence-corrected chi connectivity index (χ4v) is 3.28. The second-order valence-corrected chi connectivity index (χ2v) is 6.49. The van der Waals surface area contributed by atoms with Crippen molar-refractivity contribution in [3.05, 3.63) is 29.3 Å². The molecule has 2 fully saturated rings. The lowest BCUT2D eigenvalue weighted by atomic mass is 10.2. The lowest BCUT2D eigenvalue weighted by Gasteiger charge is -2.36. The molecule has 134 valence electrons. The summed E-state index contributed by atoms with van der Waals surface area (Å²) in [4.78, 5) is 38.9. The van der Waals surface area contributed by atoms with Gasteiger partial charge < -0.3 is 19.9 Å². The maximum atomic E-state index is 12.2. The van der Waals surface area contributed by atoms with Crippen LogP contribution in [0.15, 0.2) is 24.3 Å². The third-order valence-electron chi connectivity index (χ3n) is 4.44. The molecule has 0 aliphatic carbocycles. The molecule has 0 spiro atoms. The van der Waals surface area contributed by atoms with Crippen LogP contribution in [-0.2, 0) is 19.1 Å². The van der Waals surface area contributed by atoms with E-state index in [0.29, 0.717) is 44.0 Å². The average Bonchev–Trinajstić information content (AvgIpc) is 3.06. The van der Waals surface area contributed by atoms with E-state index in [4.69, 9.17) is 16.3 Å². The summed E-state index contributed by atoms with van der Waals surface area (Å²) in [6.07, 6.45) is 0.736. The van der Waals surface area contributed by atoms with Gasteiger partial charge in [-0.15, -0.1) is 0 Å². The molecule has 7 nitrogen and oxygen atoms in total. The Kier molecular flexibility index (Phi) is 5.43. The normalized spacial score (nSPS) is 20.4. The summed E-state index contributed by atoms with van der Waals surface area (Å²) in [6.45, 7) is 2.13. The molecular weight excluding hydrogens is 346 g/mol. The van der Waals surface area contributed by atoms with Crippen LogP contribution < -0.4 is 10.2 Å². The van der Waals surface area contributed by atoms with E-state index in [0.717, 1.165) is 5.69 Å². The van der Waals surface area contributed by atoms with Crippen LogP contribution in [0.3, 0.4) is 0 Å². The van der Waals surface area contributed by atoms with Gasteiger partial charge in [0, 0.05) is 32.6 Å². The largest absolute Gasteiger partial charge is 0.454 e. The van der Waals surface area contributed by atoms with Gasteiger partial charge in [0.05, 0.1) is 10.7 Å². The van der Waals surface area contributed by atoms with Gasteiger partial charge in [0.2, 0.25) is 5.91 Å². The first-order valence-electron chi connectivity index (χ1n) is 8.28. The number of nitrogens with one attached hydrogen (secondary N) is 1. The number of ether oxygens (including phenoxy) is 1. The zero-order valence-corrected chi connectivity index (χ0v) is 14.5. The molecule has 2 saturated heterocycles. The summed E-state index contributed by atoms with van der Waals surface area (Å²) in [5.41, 5.74) is 0.958. The number of halogens is 1. The topological polar surface area (TPSA) is 79.0 Å². The van der Waals surface area contributed by atoms with E-state index < -0.39 is 12.0 Å². The van der Waals surface area contributed by atoms with Crippen LogP contribution in [0.25, 0.3) is 0 Å². The zero-order chi connectivity index (χ0) is 17.8. The Morgan fingerprint density at radius 2 is 1.92 bits per heavy atom. The minimum atomic E-state index is -0.627. The van der Waals surface area contributed by atoms with E-state index in [1.54, 1.807) is 4.90 Å². The number of rotatable bonds is 4. The van der Waals surface area contributed by atoms with Gasteiger partial charge >= 0.3 is 5.97 Å². The molecule has 0 saturated carbocycles. The van der Waals surface area contributed by atoms with Crippen molar-refractivity contribution in [3.63, 3.8) is 0 Å². The molecule has 25 heavy (non-hydrogen) atoms. The van der Waals surface area contributed by atoms with E-state index in [1.807, 2.05) is 24.3 Å². The highest BCUT2D eigenvalue weighted by atomic mass is 35.5. The van der Waals surface area contributed by atoms with E-state index in [2.05, 4.69) is 10.2 Å². The van der Waals surface area contributed by atoms with Crippen molar-refractivity contribution in [2.24, 2.45) is 0 Å². The Balaban J connectivity index is 1.45. The van der Waals surface area contributed by atoms with Crippen LogP contribution in [-0.4, -0.2) is 61.5 Å². The molecule has 1 atom stereocenters. The summed E-state index contributed by atoms with van der Waals surface area (Å²) in [6, 6.07) is 6.98. The van der Waals surface area contributed by atoms with Gasteiger partial charge in [-0.25, -0.2) is 4.79 Å². The zero-order valence-electron chi connectivity index (χ0n) is 13.7. The summed E-state index contributed by atoms with van der Waals surface area (Å²) >= 11 is 6.20. The highest BCUT2D eigenvalue weighted by molar-refractivity contribution is 6.33. The lowest BCUT2D eigenvalue weighted by Crippen LogP contribution is -2.50. The van der Waals surface area contributed by atoms with E-state index in [-0.39, 0.29) is 18.4 Å². The Morgan fingerprint density at radius 3 is 2.56 bits per heavy atom. The van der Waals surface area contributed by atoms with Crippen LogP contribution >= 0.6 is 11.6 Å². The number of anilines is 1. The number of hydrogen-bond acceptors (Lipinski definition) is 5. The molecule has 2 amide bonds. The fourth-order valence-electron chi connectivity index (χ4n) is 3.02. The standard InChI is InChI=1S/C17H20ClN3O4/c18-12-3-1-2-4-14(12)20-7-9-21(10-8-20)16(23)11-25-17(24)13-5-6-15(22)19-13/h1-4,13H,5-11H2,(H,19,22)/t13-/m0/s1. The molecule has 0 unspecified atom stereocenters. The highest BCUT2D eigenvalue weighted by Gasteiger charge is 2.30. The average molecular weight is 366 g/mol. The number of nitrogens with zero attached hydrogens (tertiary/aromatic N) is 2.